The molecule has 0 saturated heterocycles. The number of hydrogen-bond acceptors (Lipinski definition) is 6. The number of rotatable bonds is 10. The monoisotopic (exact) mass is 426 g/mol. The van der Waals surface area contributed by atoms with E-state index in [0.29, 0.717) is 29.2 Å². The van der Waals surface area contributed by atoms with E-state index >= 15 is 0 Å². The average Bonchev–Trinajstić information content (AvgIpc) is 3.57. The highest BCUT2D eigenvalue weighted by molar-refractivity contribution is 5.98. The number of carbonyl (C=O) groups excluding carboxylic acids is 3. The number of anilines is 3. The minimum absolute atomic E-state index is 0.0141. The van der Waals surface area contributed by atoms with Gasteiger partial charge < -0.3 is 25.4 Å². The molecule has 9 heteroatoms. The maximum atomic E-state index is 12.3. The molecule has 0 aliphatic heterocycles. The van der Waals surface area contributed by atoms with Crippen LogP contribution in [0.5, 0.6) is 0 Å². The Morgan fingerprint density at radius 3 is 2.39 bits per heavy atom. The van der Waals surface area contributed by atoms with E-state index in [2.05, 4.69) is 21.3 Å². The molecule has 0 spiro atoms. The van der Waals surface area contributed by atoms with Gasteiger partial charge in [-0.1, -0.05) is 12.1 Å². The predicted octanol–water partition coefficient (Wildman–Crippen LogP) is 2.82. The Bertz CT molecular complexity index is 930. The number of benzene rings is 2. The predicted molar refractivity (Wildman–Crippen MR) is 117 cm³/mol. The highest BCUT2D eigenvalue weighted by Crippen LogP contribution is 2.20. The Balaban J connectivity index is 1.47. The lowest BCUT2D eigenvalue weighted by atomic mass is 10.2. The zero-order valence-electron chi connectivity index (χ0n) is 17.3. The molecule has 1 aliphatic carbocycles. The van der Waals surface area contributed by atoms with Crippen LogP contribution in [0.4, 0.5) is 21.9 Å². The van der Waals surface area contributed by atoms with Crippen LogP contribution in [0.3, 0.4) is 0 Å². The summed E-state index contributed by atoms with van der Waals surface area (Å²) < 4.78 is 9.78. The molecule has 3 amide bonds. The van der Waals surface area contributed by atoms with E-state index in [0.717, 1.165) is 12.8 Å². The van der Waals surface area contributed by atoms with Crippen molar-refractivity contribution in [2.45, 2.75) is 18.9 Å². The number of hydrogen-bond donors (Lipinski definition) is 4. The van der Waals surface area contributed by atoms with Crippen LogP contribution in [-0.4, -0.2) is 50.8 Å². The van der Waals surface area contributed by atoms with Crippen molar-refractivity contribution in [2.24, 2.45) is 0 Å². The molecule has 4 N–H and O–H groups in total. The largest absolute Gasteiger partial charge is 0.447 e. The van der Waals surface area contributed by atoms with Crippen molar-refractivity contribution in [1.29, 1.82) is 0 Å². The van der Waals surface area contributed by atoms with E-state index in [1.54, 1.807) is 48.5 Å². The number of ether oxygens (including phenoxy) is 2. The van der Waals surface area contributed by atoms with Gasteiger partial charge in [-0.25, -0.2) is 4.79 Å². The van der Waals surface area contributed by atoms with Crippen LogP contribution in [0.25, 0.3) is 0 Å². The molecule has 0 bridgehead atoms. The molecule has 0 heterocycles. The topological polar surface area (TPSA) is 118 Å². The maximum Gasteiger partial charge on any atom is 0.411 e. The Hall–Kier alpha value is -3.59. The lowest BCUT2D eigenvalue weighted by Gasteiger charge is -2.11. The second kappa shape index (κ2) is 11.0. The van der Waals surface area contributed by atoms with Gasteiger partial charge in [0, 0.05) is 35.8 Å². The van der Waals surface area contributed by atoms with Gasteiger partial charge >= 0.3 is 6.09 Å². The summed E-state index contributed by atoms with van der Waals surface area (Å²) in [4.78, 5) is 36.1. The summed E-state index contributed by atoms with van der Waals surface area (Å²) in [6, 6.07) is 14.0. The Labute approximate surface area is 180 Å². The zero-order valence-corrected chi connectivity index (χ0v) is 17.3. The standard InChI is InChI=1S/C22H26N4O5/c1-30-10-11-31-22(29)26-19-7-3-5-17(13-19)23-14-20(27)24-18-6-2-4-15(12-18)21(28)25-16-8-9-16/h2-7,12-13,16,23H,8-11,14H2,1H3,(H,24,27)(H,25,28)(H,26,29). The number of amides is 3. The Morgan fingerprint density at radius 1 is 0.935 bits per heavy atom. The Kier molecular flexibility index (Phi) is 7.83. The molecule has 0 aromatic heterocycles. The first-order valence-corrected chi connectivity index (χ1v) is 10.0. The molecule has 31 heavy (non-hydrogen) atoms. The third-order valence-corrected chi connectivity index (χ3v) is 4.40. The van der Waals surface area contributed by atoms with E-state index in [-0.39, 0.29) is 31.0 Å². The molecule has 3 rings (SSSR count). The van der Waals surface area contributed by atoms with Crippen LogP contribution >= 0.6 is 0 Å². The molecule has 0 unspecified atom stereocenters. The third kappa shape index (κ3) is 7.63. The molecular formula is C22H26N4O5. The first-order valence-electron chi connectivity index (χ1n) is 10.0. The quantitative estimate of drug-likeness (QED) is 0.434. The smallest absolute Gasteiger partial charge is 0.411 e. The van der Waals surface area contributed by atoms with Crippen molar-refractivity contribution < 1.29 is 23.9 Å². The molecule has 0 radical (unpaired) electrons. The maximum absolute atomic E-state index is 12.3. The summed E-state index contributed by atoms with van der Waals surface area (Å²) in [6.45, 7) is 0.488. The van der Waals surface area contributed by atoms with Gasteiger partial charge in [0.2, 0.25) is 5.91 Å². The minimum Gasteiger partial charge on any atom is -0.447 e. The van der Waals surface area contributed by atoms with Crippen molar-refractivity contribution in [3.05, 3.63) is 54.1 Å². The summed E-state index contributed by atoms with van der Waals surface area (Å²) in [6.07, 6.45) is 1.44. The molecule has 9 nitrogen and oxygen atoms in total. The van der Waals surface area contributed by atoms with Crippen molar-refractivity contribution in [1.82, 2.24) is 5.32 Å². The summed E-state index contributed by atoms with van der Waals surface area (Å²) in [5.41, 5.74) is 2.24. The van der Waals surface area contributed by atoms with Crippen LogP contribution in [0.1, 0.15) is 23.2 Å². The van der Waals surface area contributed by atoms with Gasteiger partial charge in [0.05, 0.1) is 13.2 Å². The van der Waals surface area contributed by atoms with E-state index < -0.39 is 6.09 Å². The zero-order chi connectivity index (χ0) is 22.1. The second-order valence-corrected chi connectivity index (χ2v) is 7.06. The van der Waals surface area contributed by atoms with Crippen LogP contribution in [0, 0.1) is 0 Å². The first-order chi connectivity index (χ1) is 15.0. The molecule has 1 aliphatic rings. The molecule has 1 fully saturated rings. The summed E-state index contributed by atoms with van der Waals surface area (Å²) in [5, 5.41) is 11.3. The Morgan fingerprint density at radius 2 is 1.65 bits per heavy atom. The highest BCUT2D eigenvalue weighted by Gasteiger charge is 2.23. The molecule has 0 atom stereocenters. The summed E-state index contributed by atoms with van der Waals surface area (Å²) >= 11 is 0. The fourth-order valence-electron chi connectivity index (χ4n) is 2.70. The van der Waals surface area contributed by atoms with Gasteiger partial charge in [-0.2, -0.15) is 0 Å². The van der Waals surface area contributed by atoms with Crippen molar-refractivity contribution in [3.63, 3.8) is 0 Å². The molecule has 164 valence electrons. The molecule has 2 aromatic carbocycles. The van der Waals surface area contributed by atoms with Gasteiger partial charge in [-0.3, -0.25) is 14.9 Å². The van der Waals surface area contributed by atoms with E-state index in [1.165, 1.54) is 7.11 Å². The van der Waals surface area contributed by atoms with Crippen LogP contribution < -0.4 is 21.3 Å². The fourth-order valence-corrected chi connectivity index (χ4v) is 2.70. The molecular weight excluding hydrogens is 400 g/mol. The number of carbonyl (C=O) groups is 3. The van der Waals surface area contributed by atoms with E-state index in [4.69, 9.17) is 9.47 Å². The third-order valence-electron chi connectivity index (χ3n) is 4.40. The highest BCUT2D eigenvalue weighted by atomic mass is 16.6. The average molecular weight is 426 g/mol. The molecule has 1 saturated carbocycles. The van der Waals surface area contributed by atoms with Gasteiger partial charge in [-0.15, -0.1) is 0 Å². The van der Waals surface area contributed by atoms with E-state index in [1.807, 2.05) is 0 Å². The van der Waals surface area contributed by atoms with E-state index in [9.17, 15) is 14.4 Å². The fraction of sp³-hybridized carbons (Fsp3) is 0.318. The van der Waals surface area contributed by atoms with Crippen molar-refractivity contribution in [3.8, 4) is 0 Å². The summed E-state index contributed by atoms with van der Waals surface area (Å²) in [5.74, 6) is -0.404. The summed E-state index contributed by atoms with van der Waals surface area (Å²) in [7, 11) is 1.52. The van der Waals surface area contributed by atoms with Crippen LogP contribution in [0.15, 0.2) is 48.5 Å². The normalized spacial score (nSPS) is 12.5. The second-order valence-electron chi connectivity index (χ2n) is 7.06. The van der Waals surface area contributed by atoms with Gasteiger partial charge in [0.1, 0.15) is 6.61 Å². The lowest BCUT2D eigenvalue weighted by Crippen LogP contribution is -2.26. The van der Waals surface area contributed by atoms with Crippen LogP contribution in [-0.2, 0) is 14.3 Å². The lowest BCUT2D eigenvalue weighted by molar-refractivity contribution is -0.114. The van der Waals surface area contributed by atoms with Gasteiger partial charge in [-0.05, 0) is 49.2 Å². The minimum atomic E-state index is -0.586. The first kappa shape index (κ1) is 22.1. The SMILES string of the molecule is COCCOC(=O)Nc1cccc(NCC(=O)Nc2cccc(C(=O)NC3CC3)c2)c1. The van der Waals surface area contributed by atoms with Gasteiger partial charge in [0.25, 0.3) is 5.91 Å². The number of methoxy groups -OCH3 is 1. The van der Waals surface area contributed by atoms with Crippen LogP contribution in [0.2, 0.25) is 0 Å². The van der Waals surface area contributed by atoms with Gasteiger partial charge in [0.15, 0.2) is 0 Å². The molecule has 2 aromatic rings. The number of nitrogens with one attached hydrogen (secondary N) is 4. The van der Waals surface area contributed by atoms with Crippen molar-refractivity contribution in [2.75, 3.05) is 42.8 Å². The van der Waals surface area contributed by atoms with Crippen molar-refractivity contribution >= 4 is 35.0 Å².